The van der Waals surface area contributed by atoms with E-state index in [2.05, 4.69) is 52.4 Å². The van der Waals surface area contributed by atoms with Crippen molar-refractivity contribution in [3.63, 3.8) is 0 Å². The molecule has 0 unspecified atom stereocenters. The van der Waals surface area contributed by atoms with Crippen LogP contribution in [0.15, 0.2) is 42.5 Å². The zero-order valence-corrected chi connectivity index (χ0v) is 24.3. The number of carbonyl (C=O) groups is 1. The molecule has 3 aliphatic heterocycles. The van der Waals surface area contributed by atoms with Gasteiger partial charge in [0.25, 0.3) is 0 Å². The monoisotopic (exact) mass is 551 g/mol. The van der Waals surface area contributed by atoms with Crippen LogP contribution in [0.4, 0.5) is 5.69 Å². The van der Waals surface area contributed by atoms with Crippen LogP contribution in [-0.2, 0) is 20.9 Å². The maximum absolute atomic E-state index is 12.3. The van der Waals surface area contributed by atoms with Gasteiger partial charge in [0.2, 0.25) is 5.91 Å². The van der Waals surface area contributed by atoms with Crippen molar-refractivity contribution in [2.75, 3.05) is 58.5 Å². The Balaban J connectivity index is 1.26. The average molecular weight is 552 g/mol. The smallest absolute Gasteiger partial charge is 0.222 e. The summed E-state index contributed by atoms with van der Waals surface area (Å²) < 4.78 is 23.3. The van der Waals surface area contributed by atoms with Gasteiger partial charge < -0.3 is 34.1 Å². The number of carbonyl (C=O) groups excluding carboxylic acids is 1. The minimum absolute atomic E-state index is 0.0402. The highest BCUT2D eigenvalue weighted by atomic mass is 16.5. The number of methoxy groups -OCH3 is 2. The fourth-order valence-corrected chi connectivity index (χ4v) is 6.44. The highest BCUT2D eigenvalue weighted by molar-refractivity contribution is 5.78. The van der Waals surface area contributed by atoms with Gasteiger partial charge in [-0.1, -0.05) is 18.2 Å². The Kier molecular flexibility index (Phi) is 9.83. The van der Waals surface area contributed by atoms with E-state index >= 15 is 0 Å². The second-order valence-corrected chi connectivity index (χ2v) is 11.3. The van der Waals surface area contributed by atoms with Gasteiger partial charge in [0, 0.05) is 57.8 Å². The number of benzene rings is 2. The summed E-state index contributed by atoms with van der Waals surface area (Å²) in [5.41, 5.74) is 3.56. The average Bonchev–Trinajstić information content (AvgIpc) is 3.42. The maximum atomic E-state index is 12.3. The van der Waals surface area contributed by atoms with Gasteiger partial charge in [-0.25, -0.2) is 0 Å². The quantitative estimate of drug-likeness (QED) is 0.393. The number of fused-ring (bicyclic) bond motifs is 1. The van der Waals surface area contributed by atoms with Crippen LogP contribution in [0.2, 0.25) is 0 Å². The SMILES string of the molecule is COCCCN1CCOc2ccc(CO[C@H]3CN[C@@H](C[C@H](C)N4CCCC4=O)C[C@@H]3c3ccc(OC)cc3)cc21. The van der Waals surface area contributed by atoms with Crippen molar-refractivity contribution >= 4 is 11.6 Å². The Bertz CT molecular complexity index is 1110. The molecule has 0 radical (unpaired) electrons. The van der Waals surface area contributed by atoms with Crippen LogP contribution in [0, 0.1) is 0 Å². The number of anilines is 1. The molecule has 2 saturated heterocycles. The molecule has 2 fully saturated rings. The third-order valence-electron chi connectivity index (χ3n) is 8.63. The van der Waals surface area contributed by atoms with Crippen molar-refractivity contribution in [2.24, 2.45) is 0 Å². The number of nitrogens with one attached hydrogen (secondary N) is 1. The van der Waals surface area contributed by atoms with E-state index in [4.69, 9.17) is 18.9 Å². The second-order valence-electron chi connectivity index (χ2n) is 11.3. The summed E-state index contributed by atoms with van der Waals surface area (Å²) in [6, 6.07) is 15.4. The van der Waals surface area contributed by atoms with Gasteiger partial charge in [0.05, 0.1) is 32.1 Å². The highest BCUT2D eigenvalue weighted by Gasteiger charge is 2.35. The third-order valence-corrected chi connectivity index (χ3v) is 8.63. The molecule has 1 N–H and O–H groups in total. The van der Waals surface area contributed by atoms with Gasteiger partial charge in [0.15, 0.2) is 0 Å². The normalized spacial score (nSPS) is 23.6. The van der Waals surface area contributed by atoms with E-state index in [-0.39, 0.29) is 18.1 Å². The topological polar surface area (TPSA) is 72.5 Å². The Labute approximate surface area is 238 Å². The first-order valence-corrected chi connectivity index (χ1v) is 14.8. The van der Waals surface area contributed by atoms with Gasteiger partial charge in [-0.05, 0) is 68.0 Å². The predicted molar refractivity (Wildman–Crippen MR) is 156 cm³/mol. The van der Waals surface area contributed by atoms with Crippen molar-refractivity contribution < 1.29 is 23.7 Å². The molecular formula is C32H45N3O5. The van der Waals surface area contributed by atoms with E-state index in [1.54, 1.807) is 14.2 Å². The first-order chi connectivity index (χ1) is 19.6. The lowest BCUT2D eigenvalue weighted by molar-refractivity contribution is -0.129. The van der Waals surface area contributed by atoms with Gasteiger partial charge >= 0.3 is 0 Å². The fraction of sp³-hybridized carbons (Fsp3) is 0.594. The molecule has 5 rings (SSSR count). The molecule has 1 amide bonds. The van der Waals surface area contributed by atoms with E-state index < -0.39 is 0 Å². The first kappa shape index (κ1) is 28.7. The van der Waals surface area contributed by atoms with E-state index in [0.29, 0.717) is 31.6 Å². The summed E-state index contributed by atoms with van der Waals surface area (Å²) in [5.74, 6) is 2.35. The molecule has 3 heterocycles. The third kappa shape index (κ3) is 6.90. The summed E-state index contributed by atoms with van der Waals surface area (Å²) in [5, 5.41) is 3.75. The van der Waals surface area contributed by atoms with Gasteiger partial charge in [-0.15, -0.1) is 0 Å². The van der Waals surface area contributed by atoms with E-state index in [0.717, 1.165) is 81.2 Å². The Morgan fingerprint density at radius 2 is 1.98 bits per heavy atom. The van der Waals surface area contributed by atoms with E-state index in [1.807, 2.05) is 12.1 Å². The zero-order chi connectivity index (χ0) is 27.9. The molecule has 8 nitrogen and oxygen atoms in total. The molecule has 4 atom stereocenters. The number of rotatable bonds is 12. The van der Waals surface area contributed by atoms with Crippen LogP contribution in [0.1, 0.15) is 56.1 Å². The molecule has 0 bridgehead atoms. The molecule has 40 heavy (non-hydrogen) atoms. The Morgan fingerprint density at radius 1 is 1.12 bits per heavy atom. The summed E-state index contributed by atoms with van der Waals surface area (Å²) in [6.07, 6.45) is 4.61. The minimum atomic E-state index is 0.0402. The predicted octanol–water partition coefficient (Wildman–Crippen LogP) is 4.36. The molecule has 8 heteroatoms. The Hall–Kier alpha value is -2.81. The molecule has 0 spiro atoms. The van der Waals surface area contributed by atoms with Crippen LogP contribution >= 0.6 is 0 Å². The van der Waals surface area contributed by atoms with Crippen LogP contribution in [0.5, 0.6) is 11.5 Å². The first-order valence-electron chi connectivity index (χ1n) is 14.8. The second kappa shape index (κ2) is 13.7. The molecule has 0 aliphatic carbocycles. The molecule has 0 aromatic heterocycles. The number of amides is 1. The fourth-order valence-electron chi connectivity index (χ4n) is 6.44. The summed E-state index contributed by atoms with van der Waals surface area (Å²) >= 11 is 0. The lowest BCUT2D eigenvalue weighted by Crippen LogP contribution is -2.49. The lowest BCUT2D eigenvalue weighted by atomic mass is 9.82. The minimum Gasteiger partial charge on any atom is -0.497 e. The maximum Gasteiger partial charge on any atom is 0.222 e. The molecular weight excluding hydrogens is 506 g/mol. The van der Waals surface area contributed by atoms with Crippen molar-refractivity contribution in [1.82, 2.24) is 10.2 Å². The number of likely N-dealkylation sites (tertiary alicyclic amines) is 1. The zero-order valence-electron chi connectivity index (χ0n) is 24.3. The van der Waals surface area contributed by atoms with Gasteiger partial charge in [-0.3, -0.25) is 4.79 Å². The van der Waals surface area contributed by atoms with Crippen LogP contribution < -0.4 is 19.7 Å². The molecule has 0 saturated carbocycles. The molecule has 3 aliphatic rings. The Morgan fingerprint density at radius 3 is 2.73 bits per heavy atom. The van der Waals surface area contributed by atoms with Crippen LogP contribution in [-0.4, -0.2) is 82.6 Å². The van der Waals surface area contributed by atoms with Gasteiger partial charge in [-0.2, -0.15) is 0 Å². The van der Waals surface area contributed by atoms with Crippen molar-refractivity contribution in [1.29, 1.82) is 0 Å². The van der Waals surface area contributed by atoms with E-state index in [1.165, 1.54) is 5.56 Å². The molecule has 2 aromatic rings. The van der Waals surface area contributed by atoms with Gasteiger partial charge in [0.1, 0.15) is 18.1 Å². The standard InChI is InChI=1S/C32H45N3O5/c1-23(35-14-4-6-32(35)36)18-26-20-28(25-8-10-27(38-3)11-9-25)31(21-33-26)40-22-24-7-12-30-29(19-24)34(15-17-39-30)13-5-16-37-2/h7-12,19,23,26,28,31,33H,4-6,13-18,20-22H2,1-3H3/t23-,26-,28+,31-/m0/s1. The van der Waals surface area contributed by atoms with Crippen LogP contribution in [0.3, 0.4) is 0 Å². The van der Waals surface area contributed by atoms with Crippen molar-refractivity contribution in [3.8, 4) is 11.5 Å². The lowest BCUT2D eigenvalue weighted by Gasteiger charge is -2.39. The summed E-state index contributed by atoms with van der Waals surface area (Å²) in [7, 11) is 3.45. The van der Waals surface area contributed by atoms with Crippen molar-refractivity contribution in [3.05, 3.63) is 53.6 Å². The summed E-state index contributed by atoms with van der Waals surface area (Å²) in [6.45, 7) is 7.69. The summed E-state index contributed by atoms with van der Waals surface area (Å²) in [4.78, 5) is 16.8. The number of ether oxygens (including phenoxy) is 4. The number of hydrogen-bond donors (Lipinski definition) is 1. The van der Waals surface area contributed by atoms with Crippen LogP contribution in [0.25, 0.3) is 0 Å². The van der Waals surface area contributed by atoms with E-state index in [9.17, 15) is 4.79 Å². The highest BCUT2D eigenvalue weighted by Crippen LogP contribution is 2.36. The largest absolute Gasteiger partial charge is 0.497 e. The number of hydrogen-bond acceptors (Lipinski definition) is 7. The van der Waals surface area contributed by atoms with Crippen molar-refractivity contribution in [2.45, 2.75) is 69.7 Å². The molecule has 2 aromatic carbocycles. The molecule has 218 valence electrons. The number of nitrogens with zero attached hydrogens (tertiary/aromatic N) is 2. The number of piperidine rings is 1.